The van der Waals surface area contributed by atoms with E-state index in [9.17, 15) is 0 Å². The third-order valence-electron chi connectivity index (χ3n) is 4.13. The maximum atomic E-state index is 5.51. The molecular weight excluding hydrogens is 240 g/mol. The van der Waals surface area contributed by atoms with Crippen LogP contribution in [0.3, 0.4) is 0 Å². The number of piperazine rings is 1. The van der Waals surface area contributed by atoms with E-state index in [4.69, 9.17) is 9.47 Å². The molecular formula is C15H22N2O2. The van der Waals surface area contributed by atoms with Crippen molar-refractivity contribution in [3.63, 3.8) is 0 Å². The van der Waals surface area contributed by atoms with Crippen LogP contribution in [0.5, 0.6) is 5.75 Å². The molecule has 3 rings (SSSR count). The maximum Gasteiger partial charge on any atom is 0.142 e. The van der Waals surface area contributed by atoms with Gasteiger partial charge in [-0.1, -0.05) is 6.07 Å². The number of hydrogen-bond donors (Lipinski definition) is 0. The molecule has 19 heavy (non-hydrogen) atoms. The summed E-state index contributed by atoms with van der Waals surface area (Å²) in [7, 11) is 1.75. The SMILES string of the molecule is COc1cc(C)ccc1N1CCN(C2COC2)CC1. The van der Waals surface area contributed by atoms with E-state index in [-0.39, 0.29) is 0 Å². The number of methoxy groups -OCH3 is 1. The zero-order valence-electron chi connectivity index (χ0n) is 11.8. The minimum absolute atomic E-state index is 0.655. The van der Waals surface area contributed by atoms with Gasteiger partial charge in [-0.25, -0.2) is 0 Å². The van der Waals surface area contributed by atoms with Crippen molar-refractivity contribution in [2.45, 2.75) is 13.0 Å². The quantitative estimate of drug-likeness (QED) is 0.824. The summed E-state index contributed by atoms with van der Waals surface area (Å²) in [4.78, 5) is 4.97. The van der Waals surface area contributed by atoms with Gasteiger partial charge in [0, 0.05) is 26.2 Å². The number of rotatable bonds is 3. The standard InChI is InChI=1S/C15H22N2O2/c1-12-3-4-14(15(9-12)18-2)17-7-5-16(6-8-17)13-10-19-11-13/h3-4,9,13H,5-8,10-11H2,1-2H3. The van der Waals surface area contributed by atoms with Gasteiger partial charge in [0.2, 0.25) is 0 Å². The van der Waals surface area contributed by atoms with Gasteiger partial charge in [0.1, 0.15) is 5.75 Å². The molecule has 2 saturated heterocycles. The van der Waals surface area contributed by atoms with E-state index in [0.717, 1.165) is 45.1 Å². The van der Waals surface area contributed by atoms with E-state index in [1.165, 1.54) is 11.3 Å². The monoisotopic (exact) mass is 262 g/mol. The van der Waals surface area contributed by atoms with Gasteiger partial charge in [-0.15, -0.1) is 0 Å². The molecule has 104 valence electrons. The summed E-state index contributed by atoms with van der Waals surface area (Å²) in [5, 5.41) is 0. The van der Waals surface area contributed by atoms with Gasteiger partial charge in [0.25, 0.3) is 0 Å². The molecule has 1 aromatic rings. The molecule has 0 spiro atoms. The molecule has 0 aliphatic carbocycles. The van der Waals surface area contributed by atoms with Crippen LogP contribution < -0.4 is 9.64 Å². The summed E-state index contributed by atoms with van der Waals surface area (Å²) >= 11 is 0. The van der Waals surface area contributed by atoms with Gasteiger partial charge in [-0.05, 0) is 24.6 Å². The van der Waals surface area contributed by atoms with E-state index in [2.05, 4.69) is 34.9 Å². The zero-order chi connectivity index (χ0) is 13.2. The largest absolute Gasteiger partial charge is 0.495 e. The molecule has 2 aliphatic rings. The van der Waals surface area contributed by atoms with Crippen LogP contribution in [0.2, 0.25) is 0 Å². The Morgan fingerprint density at radius 2 is 1.89 bits per heavy atom. The first-order valence-corrected chi connectivity index (χ1v) is 6.99. The lowest BCUT2D eigenvalue weighted by Gasteiger charge is -2.43. The van der Waals surface area contributed by atoms with Gasteiger partial charge in [0.15, 0.2) is 0 Å². The Balaban J connectivity index is 1.67. The molecule has 2 fully saturated rings. The second-order valence-electron chi connectivity index (χ2n) is 5.39. The van der Waals surface area contributed by atoms with Crippen molar-refractivity contribution in [1.29, 1.82) is 0 Å². The predicted molar refractivity (Wildman–Crippen MR) is 76.1 cm³/mol. The Labute approximate surface area is 114 Å². The molecule has 0 bridgehead atoms. The molecule has 0 unspecified atom stereocenters. The van der Waals surface area contributed by atoms with Crippen LogP contribution in [0.1, 0.15) is 5.56 Å². The van der Waals surface area contributed by atoms with Crippen LogP contribution >= 0.6 is 0 Å². The Morgan fingerprint density at radius 3 is 2.47 bits per heavy atom. The molecule has 2 heterocycles. The van der Waals surface area contributed by atoms with Crippen LogP contribution in [-0.4, -0.2) is 57.4 Å². The second kappa shape index (κ2) is 5.39. The molecule has 0 saturated carbocycles. The van der Waals surface area contributed by atoms with E-state index >= 15 is 0 Å². The summed E-state index contributed by atoms with van der Waals surface area (Å²) in [6.07, 6.45) is 0. The van der Waals surface area contributed by atoms with Gasteiger partial charge in [-0.3, -0.25) is 4.90 Å². The lowest BCUT2D eigenvalue weighted by molar-refractivity contribution is -0.0660. The Bertz CT molecular complexity index is 438. The molecule has 0 amide bonds. The van der Waals surface area contributed by atoms with Crippen molar-refractivity contribution < 1.29 is 9.47 Å². The normalized spacial score (nSPS) is 21.3. The summed E-state index contributed by atoms with van der Waals surface area (Å²) < 4.78 is 10.8. The first kappa shape index (κ1) is 12.8. The van der Waals surface area contributed by atoms with Crippen LogP contribution in [0.25, 0.3) is 0 Å². The van der Waals surface area contributed by atoms with E-state index in [0.29, 0.717) is 6.04 Å². The van der Waals surface area contributed by atoms with Crippen molar-refractivity contribution in [2.75, 3.05) is 51.4 Å². The van der Waals surface area contributed by atoms with Crippen molar-refractivity contribution in [3.05, 3.63) is 23.8 Å². The third-order valence-corrected chi connectivity index (χ3v) is 4.13. The number of hydrogen-bond acceptors (Lipinski definition) is 4. The molecule has 2 aliphatic heterocycles. The molecule has 0 N–H and O–H groups in total. The highest BCUT2D eigenvalue weighted by atomic mass is 16.5. The van der Waals surface area contributed by atoms with Gasteiger partial charge >= 0.3 is 0 Å². The topological polar surface area (TPSA) is 24.9 Å². The fourth-order valence-corrected chi connectivity index (χ4v) is 2.81. The first-order chi connectivity index (χ1) is 9.28. The van der Waals surface area contributed by atoms with E-state index < -0.39 is 0 Å². The van der Waals surface area contributed by atoms with Gasteiger partial charge < -0.3 is 14.4 Å². The predicted octanol–water partition coefficient (Wildman–Crippen LogP) is 1.52. The lowest BCUT2D eigenvalue weighted by atomic mass is 10.1. The molecule has 0 radical (unpaired) electrons. The van der Waals surface area contributed by atoms with Crippen molar-refractivity contribution in [1.82, 2.24) is 4.90 Å². The second-order valence-corrected chi connectivity index (χ2v) is 5.39. The average molecular weight is 262 g/mol. The summed E-state index contributed by atoms with van der Waals surface area (Å²) in [5.74, 6) is 0.987. The summed E-state index contributed by atoms with van der Waals surface area (Å²) in [6.45, 7) is 8.28. The first-order valence-electron chi connectivity index (χ1n) is 6.99. The van der Waals surface area contributed by atoms with E-state index in [1.807, 2.05) is 0 Å². The van der Waals surface area contributed by atoms with Gasteiger partial charge in [0.05, 0.1) is 32.1 Å². The molecule has 4 nitrogen and oxygen atoms in total. The third kappa shape index (κ3) is 2.55. The fourth-order valence-electron chi connectivity index (χ4n) is 2.81. The average Bonchev–Trinajstić information content (AvgIpc) is 2.38. The highest BCUT2D eigenvalue weighted by Crippen LogP contribution is 2.30. The van der Waals surface area contributed by atoms with Gasteiger partial charge in [-0.2, -0.15) is 0 Å². The number of ether oxygens (including phenoxy) is 2. The number of nitrogens with zero attached hydrogens (tertiary/aromatic N) is 2. The zero-order valence-corrected chi connectivity index (χ0v) is 11.8. The van der Waals surface area contributed by atoms with Crippen LogP contribution in [0, 0.1) is 6.92 Å². The molecule has 0 atom stereocenters. The fraction of sp³-hybridized carbons (Fsp3) is 0.600. The Kier molecular flexibility index (Phi) is 3.62. The molecule has 0 aromatic heterocycles. The minimum Gasteiger partial charge on any atom is -0.495 e. The minimum atomic E-state index is 0.655. The smallest absolute Gasteiger partial charge is 0.142 e. The number of anilines is 1. The van der Waals surface area contributed by atoms with E-state index in [1.54, 1.807) is 7.11 Å². The highest BCUT2D eigenvalue weighted by molar-refractivity contribution is 5.60. The van der Waals surface area contributed by atoms with Crippen molar-refractivity contribution >= 4 is 5.69 Å². The van der Waals surface area contributed by atoms with Crippen molar-refractivity contribution in [2.24, 2.45) is 0 Å². The summed E-state index contributed by atoms with van der Waals surface area (Å²) in [6, 6.07) is 7.10. The number of aryl methyl sites for hydroxylation is 1. The highest BCUT2D eigenvalue weighted by Gasteiger charge is 2.29. The maximum absolute atomic E-state index is 5.51. The van der Waals surface area contributed by atoms with Crippen LogP contribution in [-0.2, 0) is 4.74 Å². The summed E-state index contributed by atoms with van der Waals surface area (Å²) in [5.41, 5.74) is 2.46. The Morgan fingerprint density at radius 1 is 1.16 bits per heavy atom. The van der Waals surface area contributed by atoms with Crippen LogP contribution in [0.4, 0.5) is 5.69 Å². The molecule has 1 aromatic carbocycles. The molecule has 4 heteroatoms. The number of benzene rings is 1. The lowest BCUT2D eigenvalue weighted by Crippen LogP contribution is -2.56. The van der Waals surface area contributed by atoms with Crippen molar-refractivity contribution in [3.8, 4) is 5.75 Å². The van der Waals surface area contributed by atoms with Crippen LogP contribution in [0.15, 0.2) is 18.2 Å². The Hall–Kier alpha value is -1.26.